The average Bonchev–Trinajstić information content (AvgIpc) is 3.74. The normalized spacial score (nSPS) is 17.8. The summed E-state index contributed by atoms with van der Waals surface area (Å²) in [4.78, 5) is 31.0. The zero-order valence-electron chi connectivity index (χ0n) is 30.2. The highest BCUT2D eigenvalue weighted by Gasteiger charge is 2.30. The first-order valence-electron chi connectivity index (χ1n) is 17.9. The number of likely N-dealkylation sites (N-methyl/N-ethyl adjacent to an activating group) is 1. The molecule has 2 amide bonds. The van der Waals surface area contributed by atoms with E-state index >= 15 is 0 Å². The van der Waals surface area contributed by atoms with Gasteiger partial charge in [-0.15, -0.1) is 10.2 Å². The van der Waals surface area contributed by atoms with E-state index in [9.17, 15) is 9.59 Å². The Morgan fingerprint density at radius 2 is 1.76 bits per heavy atom. The molecule has 5 heterocycles. The highest BCUT2D eigenvalue weighted by atomic mass is 16.5. The summed E-state index contributed by atoms with van der Waals surface area (Å²) in [7, 11) is 3.95. The van der Waals surface area contributed by atoms with Gasteiger partial charge in [-0.05, 0) is 75.5 Å². The summed E-state index contributed by atoms with van der Waals surface area (Å²) in [6.45, 7) is 9.49. The van der Waals surface area contributed by atoms with Crippen molar-refractivity contribution in [1.29, 1.82) is 0 Å². The summed E-state index contributed by atoms with van der Waals surface area (Å²) in [5.74, 6) is 2.09. The van der Waals surface area contributed by atoms with Gasteiger partial charge in [0.2, 0.25) is 5.95 Å². The fourth-order valence-electron chi connectivity index (χ4n) is 6.89. The van der Waals surface area contributed by atoms with Crippen LogP contribution in [0.3, 0.4) is 0 Å². The van der Waals surface area contributed by atoms with E-state index in [4.69, 9.17) is 9.84 Å². The lowest BCUT2D eigenvalue weighted by Gasteiger charge is -2.32. The van der Waals surface area contributed by atoms with Gasteiger partial charge in [0.25, 0.3) is 5.56 Å². The second kappa shape index (κ2) is 14.2. The first-order valence-corrected chi connectivity index (χ1v) is 17.9. The molecule has 1 fully saturated rings. The number of aromatic nitrogens is 6. The molecule has 0 saturated carbocycles. The van der Waals surface area contributed by atoms with Gasteiger partial charge in [-0.1, -0.05) is 45.0 Å². The van der Waals surface area contributed by atoms with Crippen molar-refractivity contribution in [1.82, 2.24) is 39.2 Å². The van der Waals surface area contributed by atoms with Crippen molar-refractivity contribution in [3.8, 4) is 11.4 Å². The maximum atomic E-state index is 13.7. The quantitative estimate of drug-likeness (QED) is 0.202. The van der Waals surface area contributed by atoms with Crippen LogP contribution >= 0.6 is 0 Å². The number of anilines is 2. The number of urea groups is 1. The fraction of sp³-hybridized carbons (Fsp3) is 0.447. The average molecular weight is 693 g/mol. The molecule has 1 saturated heterocycles. The minimum atomic E-state index is -0.349. The maximum absolute atomic E-state index is 13.7. The Hall–Kier alpha value is -5.17. The predicted octanol–water partition coefficient (Wildman–Crippen LogP) is 5.70. The first kappa shape index (κ1) is 34.3. The van der Waals surface area contributed by atoms with Crippen molar-refractivity contribution >= 4 is 23.4 Å². The Morgan fingerprint density at radius 1 is 0.980 bits per heavy atom. The Morgan fingerprint density at radius 3 is 2.51 bits per heavy atom. The molecular weight excluding hydrogens is 644 g/mol. The number of carbonyl (C=O) groups excluding carboxylic acids is 1. The van der Waals surface area contributed by atoms with E-state index in [1.54, 1.807) is 21.5 Å². The topological polar surface area (TPSA) is 127 Å². The molecule has 268 valence electrons. The third-order valence-corrected chi connectivity index (χ3v) is 9.75. The Balaban J connectivity index is 1.08. The van der Waals surface area contributed by atoms with Gasteiger partial charge >= 0.3 is 6.03 Å². The molecule has 13 heteroatoms. The van der Waals surface area contributed by atoms with E-state index in [1.165, 1.54) is 6.42 Å². The molecule has 13 nitrogen and oxygen atoms in total. The molecule has 7 rings (SSSR count). The van der Waals surface area contributed by atoms with Crippen molar-refractivity contribution in [2.75, 3.05) is 43.9 Å². The smallest absolute Gasteiger partial charge is 0.320 e. The van der Waals surface area contributed by atoms with Crippen LogP contribution in [0.4, 0.5) is 16.6 Å². The number of rotatable bonds is 9. The zero-order valence-corrected chi connectivity index (χ0v) is 30.2. The van der Waals surface area contributed by atoms with E-state index < -0.39 is 0 Å². The molecule has 0 spiro atoms. The van der Waals surface area contributed by atoms with Crippen LogP contribution in [-0.4, -0.2) is 73.6 Å². The highest BCUT2D eigenvalue weighted by Crippen LogP contribution is 2.39. The van der Waals surface area contributed by atoms with Crippen molar-refractivity contribution in [3.05, 3.63) is 94.2 Å². The number of nitrogens with zero attached hydrogens (tertiary/aromatic N) is 8. The van der Waals surface area contributed by atoms with Crippen molar-refractivity contribution in [2.24, 2.45) is 0 Å². The van der Waals surface area contributed by atoms with Crippen molar-refractivity contribution < 1.29 is 9.53 Å². The number of pyridine rings is 2. The van der Waals surface area contributed by atoms with Crippen LogP contribution < -0.4 is 25.8 Å². The summed E-state index contributed by atoms with van der Waals surface area (Å²) in [6.07, 6.45) is 8.57. The number of piperidine rings is 1. The molecule has 0 bridgehead atoms. The minimum Gasteiger partial charge on any atom is -0.484 e. The molecule has 0 unspecified atom stereocenters. The van der Waals surface area contributed by atoms with Gasteiger partial charge < -0.3 is 24.4 Å². The summed E-state index contributed by atoms with van der Waals surface area (Å²) in [5, 5.41) is 19.9. The van der Waals surface area contributed by atoms with Crippen LogP contribution in [0.15, 0.2) is 71.8 Å². The van der Waals surface area contributed by atoms with E-state index in [2.05, 4.69) is 58.6 Å². The lowest BCUT2D eigenvalue weighted by molar-refractivity contribution is 0.171. The SMILES string of the molecule is CN(C)CCn1ccc(-n2nc(C(C)(C)C)cc2NC(=O)N[C@H]2CC[C@@H](Oc3ccc4nnc(N5CCCCC5)n4c3)c3ccccc32)cc1=O. The minimum absolute atomic E-state index is 0.128. The van der Waals surface area contributed by atoms with Gasteiger partial charge in [-0.2, -0.15) is 5.10 Å². The molecule has 1 aliphatic heterocycles. The van der Waals surface area contributed by atoms with Gasteiger partial charge in [0.15, 0.2) is 5.65 Å². The van der Waals surface area contributed by atoms with Crippen LogP contribution in [0.1, 0.15) is 81.8 Å². The summed E-state index contributed by atoms with van der Waals surface area (Å²) in [5.41, 5.74) is 3.84. The third-order valence-electron chi connectivity index (χ3n) is 9.75. The van der Waals surface area contributed by atoms with Crippen LogP contribution in [0.5, 0.6) is 5.75 Å². The van der Waals surface area contributed by atoms with E-state index in [0.29, 0.717) is 24.5 Å². The number of carbonyl (C=O) groups is 1. The molecule has 1 aliphatic carbocycles. The van der Waals surface area contributed by atoms with Crippen LogP contribution in [0.25, 0.3) is 11.3 Å². The number of benzene rings is 1. The number of hydrogen-bond donors (Lipinski definition) is 2. The van der Waals surface area contributed by atoms with Crippen LogP contribution in [0.2, 0.25) is 0 Å². The summed E-state index contributed by atoms with van der Waals surface area (Å²) < 4.78 is 12.0. The molecule has 4 aromatic heterocycles. The largest absolute Gasteiger partial charge is 0.484 e. The molecule has 2 atom stereocenters. The lowest BCUT2D eigenvalue weighted by Crippen LogP contribution is -2.36. The molecule has 5 aromatic rings. The Bertz CT molecular complexity index is 2070. The fourth-order valence-corrected chi connectivity index (χ4v) is 6.89. The third kappa shape index (κ3) is 7.48. The molecule has 2 N–H and O–H groups in total. The standard InChI is InChI=1S/C38H48N10O3/c1-38(2,3)32-24-34(48(43-32)26-17-20-45(35(49)23-26)22-21-44(4)5)40-36(50)39-30-14-15-31(29-12-8-7-11-28(29)30)51-27-13-16-33-41-42-37(47(33)25-27)46-18-9-6-10-19-46/h7-8,11-13,16-17,20,23-25,30-31H,6,9-10,14-15,18-19,21-22H2,1-5H3,(H2,39,40,50)/t30-,31+/m0/s1. The van der Waals surface area contributed by atoms with Gasteiger partial charge in [0.05, 0.1) is 23.6 Å². The molecule has 1 aromatic carbocycles. The summed E-state index contributed by atoms with van der Waals surface area (Å²) in [6, 6.07) is 16.8. The van der Waals surface area contributed by atoms with Crippen molar-refractivity contribution in [2.45, 2.75) is 77.0 Å². The van der Waals surface area contributed by atoms with Crippen molar-refractivity contribution in [3.63, 3.8) is 0 Å². The second-order valence-electron chi connectivity index (χ2n) is 14.9. The van der Waals surface area contributed by atoms with Gasteiger partial charge in [-0.3, -0.25) is 14.5 Å². The maximum Gasteiger partial charge on any atom is 0.320 e. The number of hydrogen-bond acceptors (Lipinski definition) is 8. The van der Waals surface area contributed by atoms with Gasteiger partial charge in [-0.25, -0.2) is 9.48 Å². The van der Waals surface area contributed by atoms with Gasteiger partial charge in [0.1, 0.15) is 17.7 Å². The number of nitrogens with one attached hydrogen (secondary N) is 2. The molecule has 2 aliphatic rings. The van der Waals surface area contributed by atoms with Crippen LogP contribution in [-0.2, 0) is 12.0 Å². The Kier molecular flexibility index (Phi) is 9.56. The van der Waals surface area contributed by atoms with E-state index in [0.717, 1.165) is 73.1 Å². The summed E-state index contributed by atoms with van der Waals surface area (Å²) >= 11 is 0. The number of fused-ring (bicyclic) bond motifs is 2. The predicted molar refractivity (Wildman–Crippen MR) is 198 cm³/mol. The highest BCUT2D eigenvalue weighted by molar-refractivity contribution is 5.89. The van der Waals surface area contributed by atoms with E-state index in [-0.39, 0.29) is 29.2 Å². The second-order valence-corrected chi connectivity index (χ2v) is 14.9. The van der Waals surface area contributed by atoms with Crippen LogP contribution in [0, 0.1) is 0 Å². The van der Waals surface area contributed by atoms with E-state index in [1.807, 2.05) is 66.0 Å². The Labute approximate surface area is 298 Å². The monoisotopic (exact) mass is 692 g/mol. The number of amides is 2. The van der Waals surface area contributed by atoms with Gasteiger partial charge in [0, 0.05) is 49.9 Å². The molecule has 51 heavy (non-hydrogen) atoms. The molecule has 0 radical (unpaired) electrons. The number of ether oxygens (including phenoxy) is 1. The zero-order chi connectivity index (χ0) is 35.7. The first-order chi connectivity index (χ1) is 24.5. The molecular formula is C38H48N10O3. The lowest BCUT2D eigenvalue weighted by atomic mass is 9.85.